The fourth-order valence-corrected chi connectivity index (χ4v) is 9.87. The number of methoxy groups -OCH3 is 1. The van der Waals surface area contributed by atoms with E-state index in [2.05, 4.69) is 50.4 Å². The number of nitrogens with zero attached hydrogens (tertiary/aromatic N) is 1. The third kappa shape index (κ3) is 9.24. The number of esters is 1. The van der Waals surface area contributed by atoms with Crippen LogP contribution >= 0.6 is 0 Å². The SMILES string of the molecule is COC(=O)C[C@@H]([C@H](CO[Si](c1ccccc1)(c1ccccc1)C(C)(C)C)NC(=O)OC(C)(C)C)N(O)Cc1ccccc1. The molecule has 3 aromatic carbocycles. The molecule has 0 aliphatic rings. The lowest BCUT2D eigenvalue weighted by molar-refractivity contribution is -0.164. The van der Waals surface area contributed by atoms with E-state index >= 15 is 0 Å². The van der Waals surface area contributed by atoms with Crippen molar-refractivity contribution in [1.29, 1.82) is 0 Å². The summed E-state index contributed by atoms with van der Waals surface area (Å²) >= 11 is 0. The third-order valence-corrected chi connectivity index (χ3v) is 12.2. The van der Waals surface area contributed by atoms with E-state index < -0.39 is 38.1 Å². The average molecular weight is 607 g/mol. The van der Waals surface area contributed by atoms with Crippen molar-refractivity contribution in [2.45, 2.75) is 77.2 Å². The van der Waals surface area contributed by atoms with Crippen molar-refractivity contribution >= 4 is 30.8 Å². The van der Waals surface area contributed by atoms with Crippen LogP contribution in [0.1, 0.15) is 53.5 Å². The molecule has 43 heavy (non-hydrogen) atoms. The van der Waals surface area contributed by atoms with Gasteiger partial charge in [-0.2, -0.15) is 5.06 Å². The Hall–Kier alpha value is -3.50. The van der Waals surface area contributed by atoms with Gasteiger partial charge in [-0.1, -0.05) is 112 Å². The van der Waals surface area contributed by atoms with Gasteiger partial charge in [0.05, 0.1) is 32.2 Å². The van der Waals surface area contributed by atoms with E-state index in [-0.39, 0.29) is 24.6 Å². The second kappa shape index (κ2) is 14.8. The number of amides is 1. The van der Waals surface area contributed by atoms with Crippen molar-refractivity contribution in [3.63, 3.8) is 0 Å². The molecule has 0 saturated carbocycles. The molecule has 0 aliphatic carbocycles. The predicted molar refractivity (Wildman–Crippen MR) is 171 cm³/mol. The van der Waals surface area contributed by atoms with Crippen molar-refractivity contribution in [1.82, 2.24) is 10.4 Å². The largest absolute Gasteiger partial charge is 0.469 e. The topological polar surface area (TPSA) is 97.3 Å². The fraction of sp³-hybridized carbons (Fsp3) is 0.412. The van der Waals surface area contributed by atoms with Gasteiger partial charge < -0.3 is 24.4 Å². The number of carbonyl (C=O) groups is 2. The first-order chi connectivity index (χ1) is 20.3. The van der Waals surface area contributed by atoms with Gasteiger partial charge in [0, 0.05) is 6.54 Å². The van der Waals surface area contributed by atoms with E-state index in [1.54, 1.807) is 20.8 Å². The van der Waals surface area contributed by atoms with Crippen molar-refractivity contribution in [3.05, 3.63) is 96.6 Å². The lowest BCUT2D eigenvalue weighted by Crippen LogP contribution is -2.68. The van der Waals surface area contributed by atoms with Gasteiger partial charge in [-0.15, -0.1) is 0 Å². The highest BCUT2D eigenvalue weighted by atomic mass is 28.4. The van der Waals surface area contributed by atoms with Crippen LogP contribution < -0.4 is 15.7 Å². The summed E-state index contributed by atoms with van der Waals surface area (Å²) in [4.78, 5) is 25.8. The number of alkyl carbamates (subject to hydrolysis) is 1. The van der Waals surface area contributed by atoms with Gasteiger partial charge in [-0.05, 0) is 41.7 Å². The fourth-order valence-electron chi connectivity index (χ4n) is 5.28. The maximum atomic E-state index is 13.2. The zero-order valence-corrected chi connectivity index (χ0v) is 27.4. The molecular weight excluding hydrogens is 560 g/mol. The summed E-state index contributed by atoms with van der Waals surface area (Å²) in [5.74, 6) is -0.529. The highest BCUT2D eigenvalue weighted by molar-refractivity contribution is 6.99. The average Bonchev–Trinajstić information content (AvgIpc) is 2.95. The van der Waals surface area contributed by atoms with Crippen LogP contribution in [0, 0.1) is 0 Å². The number of rotatable bonds is 12. The molecule has 0 heterocycles. The van der Waals surface area contributed by atoms with Crippen molar-refractivity contribution in [3.8, 4) is 0 Å². The number of hydroxylamine groups is 2. The van der Waals surface area contributed by atoms with Gasteiger partial charge in [-0.25, -0.2) is 4.79 Å². The molecule has 0 spiro atoms. The Balaban J connectivity index is 2.10. The quantitative estimate of drug-likeness (QED) is 0.165. The van der Waals surface area contributed by atoms with Crippen LogP contribution in [0.3, 0.4) is 0 Å². The van der Waals surface area contributed by atoms with Crippen LogP contribution in [0.25, 0.3) is 0 Å². The molecule has 3 rings (SSSR count). The number of benzene rings is 3. The van der Waals surface area contributed by atoms with Crippen LogP contribution in [0.5, 0.6) is 0 Å². The van der Waals surface area contributed by atoms with E-state index in [1.165, 1.54) is 7.11 Å². The normalized spacial score (nSPS) is 13.7. The van der Waals surface area contributed by atoms with E-state index in [0.717, 1.165) is 21.0 Å². The predicted octanol–water partition coefficient (Wildman–Crippen LogP) is 5.28. The first kappa shape index (κ1) is 34.0. The van der Waals surface area contributed by atoms with E-state index in [9.17, 15) is 14.8 Å². The summed E-state index contributed by atoms with van der Waals surface area (Å²) in [7, 11) is -1.72. The molecule has 0 unspecified atom stereocenters. The van der Waals surface area contributed by atoms with Crippen LogP contribution in [0.4, 0.5) is 4.79 Å². The molecule has 2 N–H and O–H groups in total. The summed E-state index contributed by atoms with van der Waals surface area (Å²) < 4.78 is 17.7. The summed E-state index contributed by atoms with van der Waals surface area (Å²) in [5, 5.41) is 17.2. The molecule has 0 radical (unpaired) electrons. The first-order valence-corrected chi connectivity index (χ1v) is 16.5. The molecule has 0 saturated heterocycles. The van der Waals surface area contributed by atoms with Crippen LogP contribution in [-0.4, -0.2) is 62.1 Å². The van der Waals surface area contributed by atoms with E-state index in [0.29, 0.717) is 0 Å². The van der Waals surface area contributed by atoms with Crippen LogP contribution in [0.2, 0.25) is 5.04 Å². The summed E-state index contributed by atoms with van der Waals surface area (Å²) in [6.45, 7) is 11.9. The van der Waals surface area contributed by atoms with Gasteiger partial charge in [-0.3, -0.25) is 4.79 Å². The molecule has 2 atom stereocenters. The molecule has 232 valence electrons. The number of ether oxygens (including phenoxy) is 2. The molecular formula is C34H46N2O6Si. The summed E-state index contributed by atoms with van der Waals surface area (Å²) in [6, 6.07) is 28.0. The molecule has 9 heteroatoms. The van der Waals surface area contributed by atoms with Crippen molar-refractivity contribution in [2.75, 3.05) is 13.7 Å². The van der Waals surface area contributed by atoms with Gasteiger partial charge in [0.1, 0.15) is 5.60 Å². The van der Waals surface area contributed by atoms with Crippen LogP contribution in [-0.2, 0) is 25.2 Å². The van der Waals surface area contributed by atoms with E-state index in [1.807, 2.05) is 66.7 Å². The van der Waals surface area contributed by atoms with Crippen LogP contribution in [0.15, 0.2) is 91.0 Å². The molecule has 0 aliphatic heterocycles. The molecule has 0 fully saturated rings. The lowest BCUT2D eigenvalue weighted by atomic mass is 10.0. The number of hydrogen-bond acceptors (Lipinski definition) is 7. The van der Waals surface area contributed by atoms with Gasteiger partial charge in [0.2, 0.25) is 0 Å². The minimum atomic E-state index is -3.02. The Bertz CT molecular complexity index is 1250. The molecule has 0 aromatic heterocycles. The van der Waals surface area contributed by atoms with Gasteiger partial charge >= 0.3 is 12.1 Å². The Morgan fingerprint density at radius 3 is 1.77 bits per heavy atom. The highest BCUT2D eigenvalue weighted by Crippen LogP contribution is 2.37. The Labute approximate surface area is 257 Å². The minimum absolute atomic E-state index is 0.0000340. The Morgan fingerprint density at radius 1 is 0.837 bits per heavy atom. The van der Waals surface area contributed by atoms with Crippen molar-refractivity contribution in [2.24, 2.45) is 0 Å². The zero-order chi connectivity index (χ0) is 31.7. The summed E-state index contributed by atoms with van der Waals surface area (Å²) in [6.07, 6.45) is -0.865. The van der Waals surface area contributed by atoms with Gasteiger partial charge in [0.15, 0.2) is 0 Å². The maximum absolute atomic E-state index is 13.2. The second-order valence-corrected chi connectivity index (χ2v) is 17.0. The smallest absolute Gasteiger partial charge is 0.408 e. The highest BCUT2D eigenvalue weighted by Gasteiger charge is 2.51. The Kier molecular flexibility index (Phi) is 11.7. The van der Waals surface area contributed by atoms with Crippen molar-refractivity contribution < 1.29 is 28.7 Å². The lowest BCUT2D eigenvalue weighted by Gasteiger charge is -2.44. The van der Waals surface area contributed by atoms with E-state index in [4.69, 9.17) is 13.9 Å². The number of nitrogens with one attached hydrogen (secondary N) is 1. The zero-order valence-electron chi connectivity index (χ0n) is 26.4. The minimum Gasteiger partial charge on any atom is -0.469 e. The number of carbonyl (C=O) groups excluding carboxylic acids is 2. The van der Waals surface area contributed by atoms with Gasteiger partial charge in [0.25, 0.3) is 8.32 Å². The second-order valence-electron chi connectivity index (χ2n) is 12.7. The first-order valence-electron chi connectivity index (χ1n) is 14.6. The Morgan fingerprint density at radius 2 is 1.33 bits per heavy atom. The number of hydrogen-bond donors (Lipinski definition) is 2. The standard InChI is InChI=1S/C34H46N2O6Si/c1-33(2,3)42-32(38)35-29(30(23-31(37)40-7)36(39)24-26-17-11-8-12-18-26)25-41-43(34(4,5)6,27-19-13-9-14-20-27)28-21-15-10-16-22-28/h8-22,29-30,39H,23-25H2,1-7H3,(H,35,38)/t29-,30-/m0/s1. The molecule has 1 amide bonds. The monoisotopic (exact) mass is 606 g/mol. The maximum Gasteiger partial charge on any atom is 0.408 e. The molecule has 3 aromatic rings. The summed E-state index contributed by atoms with van der Waals surface area (Å²) in [5.41, 5.74) is 0.0812. The third-order valence-electron chi connectivity index (χ3n) is 7.24. The molecule has 0 bridgehead atoms. The molecule has 8 nitrogen and oxygen atoms in total.